The maximum Gasteiger partial charge on any atom is 0.261 e. The Morgan fingerprint density at radius 2 is 1.58 bits per heavy atom. The third-order valence-electron chi connectivity index (χ3n) is 5.15. The summed E-state index contributed by atoms with van der Waals surface area (Å²) in [6, 6.07) is 20.1. The van der Waals surface area contributed by atoms with Crippen LogP contribution in [0.1, 0.15) is 12.0 Å². The number of imide groups is 1. The fourth-order valence-electron chi connectivity index (χ4n) is 3.40. The van der Waals surface area contributed by atoms with Crippen LogP contribution in [0.3, 0.4) is 0 Å². The lowest BCUT2D eigenvalue weighted by Gasteiger charge is -2.15. The Kier molecular flexibility index (Phi) is 6.44. The Hall–Kier alpha value is -3.30. The summed E-state index contributed by atoms with van der Waals surface area (Å²) in [7, 11) is -2.15. The fraction of sp³-hybridized carbons (Fsp3) is 0.167. The number of ether oxygens (including phenoxy) is 1. The first kappa shape index (κ1) is 22.9. The fourth-order valence-corrected chi connectivity index (χ4v) is 5.51. The summed E-state index contributed by atoms with van der Waals surface area (Å²) < 4.78 is 32.8. The van der Waals surface area contributed by atoms with E-state index in [4.69, 9.17) is 4.74 Å². The standard InChI is InChI=1S/C24H22N2O5S2/c1-16-3-13-21(14-4-16)33(29,30)25-17-5-11-20(12-6-17)32-22-15-23(27)26(24(22)28)18-7-9-19(31-2)10-8-18/h3-14,22,25H,15H2,1-2H3. The topological polar surface area (TPSA) is 92.8 Å². The van der Waals surface area contributed by atoms with Gasteiger partial charge in [-0.25, -0.2) is 13.3 Å². The van der Waals surface area contributed by atoms with E-state index in [1.807, 2.05) is 6.92 Å². The van der Waals surface area contributed by atoms with Crippen molar-refractivity contribution in [2.24, 2.45) is 0 Å². The zero-order valence-corrected chi connectivity index (χ0v) is 19.7. The van der Waals surface area contributed by atoms with Crippen molar-refractivity contribution < 1.29 is 22.7 Å². The van der Waals surface area contributed by atoms with Crippen molar-refractivity contribution >= 4 is 45.0 Å². The van der Waals surface area contributed by atoms with E-state index in [1.165, 1.54) is 16.7 Å². The van der Waals surface area contributed by atoms with E-state index in [0.717, 1.165) is 10.5 Å². The minimum absolute atomic E-state index is 0.0946. The van der Waals surface area contributed by atoms with Gasteiger partial charge in [-0.3, -0.25) is 14.3 Å². The van der Waals surface area contributed by atoms with E-state index in [1.54, 1.807) is 79.9 Å². The third kappa shape index (κ3) is 5.04. The van der Waals surface area contributed by atoms with Crippen molar-refractivity contribution in [2.75, 3.05) is 16.7 Å². The molecule has 33 heavy (non-hydrogen) atoms. The molecule has 0 saturated carbocycles. The first-order valence-electron chi connectivity index (χ1n) is 10.1. The molecule has 1 atom stereocenters. The average molecular weight is 483 g/mol. The van der Waals surface area contributed by atoms with Gasteiger partial charge in [-0.05, 0) is 67.6 Å². The number of hydrogen-bond donors (Lipinski definition) is 1. The maximum atomic E-state index is 12.9. The van der Waals surface area contributed by atoms with Gasteiger partial charge in [-0.15, -0.1) is 11.8 Å². The Morgan fingerprint density at radius 1 is 0.939 bits per heavy atom. The normalized spacial score (nSPS) is 16.2. The lowest BCUT2D eigenvalue weighted by Crippen LogP contribution is -2.31. The van der Waals surface area contributed by atoms with Gasteiger partial charge < -0.3 is 4.74 Å². The maximum absolute atomic E-state index is 12.9. The molecule has 0 radical (unpaired) electrons. The molecular weight excluding hydrogens is 460 g/mol. The summed E-state index contributed by atoms with van der Waals surface area (Å²) in [6.07, 6.45) is 0.0946. The largest absolute Gasteiger partial charge is 0.497 e. The van der Waals surface area contributed by atoms with Gasteiger partial charge in [-0.2, -0.15) is 0 Å². The number of carbonyl (C=O) groups excluding carboxylic acids is 2. The van der Waals surface area contributed by atoms with Crippen molar-refractivity contribution in [3.05, 3.63) is 78.4 Å². The van der Waals surface area contributed by atoms with Gasteiger partial charge in [0.1, 0.15) is 5.75 Å². The zero-order valence-electron chi connectivity index (χ0n) is 18.0. The Morgan fingerprint density at radius 3 is 2.18 bits per heavy atom. The molecule has 9 heteroatoms. The molecule has 1 unspecified atom stereocenters. The molecule has 0 spiro atoms. The van der Waals surface area contributed by atoms with Gasteiger partial charge in [0.25, 0.3) is 10.0 Å². The first-order chi connectivity index (χ1) is 15.8. The molecule has 170 valence electrons. The molecular formula is C24H22N2O5S2. The number of thioether (sulfide) groups is 1. The van der Waals surface area contributed by atoms with Gasteiger partial charge in [0.2, 0.25) is 11.8 Å². The van der Waals surface area contributed by atoms with Crippen LogP contribution in [0, 0.1) is 6.92 Å². The number of hydrogen-bond acceptors (Lipinski definition) is 6. The predicted molar refractivity (Wildman–Crippen MR) is 128 cm³/mol. The summed E-state index contributed by atoms with van der Waals surface area (Å²) in [5.74, 6) is 0.103. The van der Waals surface area contributed by atoms with Gasteiger partial charge in [0.15, 0.2) is 0 Å². The quantitative estimate of drug-likeness (QED) is 0.507. The van der Waals surface area contributed by atoms with Crippen molar-refractivity contribution in [2.45, 2.75) is 28.4 Å². The molecule has 7 nitrogen and oxygen atoms in total. The number of rotatable bonds is 7. The number of nitrogens with one attached hydrogen (secondary N) is 1. The second-order valence-corrected chi connectivity index (χ2v) is 10.5. The minimum Gasteiger partial charge on any atom is -0.497 e. The van der Waals surface area contributed by atoms with Crippen LogP contribution in [0.25, 0.3) is 0 Å². The third-order valence-corrected chi connectivity index (χ3v) is 7.75. The van der Waals surface area contributed by atoms with Crippen molar-refractivity contribution in [1.82, 2.24) is 0 Å². The smallest absolute Gasteiger partial charge is 0.261 e. The van der Waals surface area contributed by atoms with Crippen LogP contribution < -0.4 is 14.4 Å². The number of anilines is 2. The number of methoxy groups -OCH3 is 1. The molecule has 0 aromatic heterocycles. The molecule has 1 fully saturated rings. The van der Waals surface area contributed by atoms with Crippen LogP contribution in [0.2, 0.25) is 0 Å². The van der Waals surface area contributed by atoms with Crippen molar-refractivity contribution in [3.8, 4) is 5.75 Å². The highest BCUT2D eigenvalue weighted by Gasteiger charge is 2.40. The molecule has 3 aromatic carbocycles. The van der Waals surface area contributed by atoms with Gasteiger partial charge in [0.05, 0.1) is 22.9 Å². The lowest BCUT2D eigenvalue weighted by molar-refractivity contribution is -0.121. The molecule has 1 N–H and O–H groups in total. The van der Waals surface area contributed by atoms with E-state index >= 15 is 0 Å². The first-order valence-corrected chi connectivity index (χ1v) is 12.5. The van der Waals surface area contributed by atoms with Crippen LogP contribution in [-0.2, 0) is 19.6 Å². The SMILES string of the molecule is COc1ccc(N2C(=O)CC(Sc3ccc(NS(=O)(=O)c4ccc(C)cc4)cc3)C2=O)cc1. The van der Waals surface area contributed by atoms with E-state index < -0.39 is 15.3 Å². The number of aryl methyl sites for hydroxylation is 1. The summed E-state index contributed by atoms with van der Waals surface area (Å²) in [6.45, 7) is 1.89. The molecule has 1 saturated heterocycles. The molecule has 1 aliphatic rings. The monoisotopic (exact) mass is 482 g/mol. The number of amides is 2. The van der Waals surface area contributed by atoms with Gasteiger partial charge in [0, 0.05) is 17.0 Å². The molecule has 1 aliphatic heterocycles. The van der Waals surface area contributed by atoms with Crippen LogP contribution in [0.4, 0.5) is 11.4 Å². The van der Waals surface area contributed by atoms with Crippen LogP contribution in [0.5, 0.6) is 5.75 Å². The Balaban J connectivity index is 1.43. The summed E-state index contributed by atoms with van der Waals surface area (Å²) >= 11 is 1.28. The van der Waals surface area contributed by atoms with Crippen LogP contribution >= 0.6 is 11.8 Å². The second kappa shape index (κ2) is 9.29. The summed E-state index contributed by atoms with van der Waals surface area (Å²) in [4.78, 5) is 27.5. The van der Waals surface area contributed by atoms with Gasteiger partial charge in [-0.1, -0.05) is 17.7 Å². The highest BCUT2D eigenvalue weighted by Crippen LogP contribution is 2.35. The highest BCUT2D eigenvalue weighted by molar-refractivity contribution is 8.00. The molecule has 1 heterocycles. The van der Waals surface area contributed by atoms with Crippen molar-refractivity contribution in [1.29, 1.82) is 0 Å². The van der Waals surface area contributed by atoms with Crippen LogP contribution in [-0.4, -0.2) is 32.6 Å². The Labute approximate surface area is 196 Å². The van der Waals surface area contributed by atoms with Gasteiger partial charge >= 0.3 is 0 Å². The number of nitrogens with zero attached hydrogens (tertiary/aromatic N) is 1. The average Bonchev–Trinajstić information content (AvgIpc) is 3.08. The van der Waals surface area contributed by atoms with Crippen LogP contribution in [0.15, 0.2) is 82.6 Å². The van der Waals surface area contributed by atoms with Crippen molar-refractivity contribution in [3.63, 3.8) is 0 Å². The minimum atomic E-state index is -3.70. The molecule has 4 rings (SSSR count). The van der Waals surface area contributed by atoms with E-state index in [-0.39, 0.29) is 23.1 Å². The molecule has 0 aliphatic carbocycles. The molecule has 2 amide bonds. The number of benzene rings is 3. The van der Waals surface area contributed by atoms with E-state index in [0.29, 0.717) is 17.1 Å². The Bertz CT molecular complexity index is 1270. The number of sulfonamides is 1. The second-order valence-electron chi connectivity index (χ2n) is 7.52. The summed E-state index contributed by atoms with van der Waals surface area (Å²) in [5.41, 5.74) is 1.89. The van der Waals surface area contributed by atoms with E-state index in [2.05, 4.69) is 4.72 Å². The lowest BCUT2D eigenvalue weighted by atomic mass is 10.2. The predicted octanol–water partition coefficient (Wildman–Crippen LogP) is 4.23. The summed E-state index contributed by atoms with van der Waals surface area (Å²) in [5, 5.41) is -0.547. The molecule has 3 aromatic rings. The number of carbonyl (C=O) groups is 2. The van der Waals surface area contributed by atoms with E-state index in [9.17, 15) is 18.0 Å². The molecule has 0 bridgehead atoms. The zero-order chi connectivity index (χ0) is 23.6. The highest BCUT2D eigenvalue weighted by atomic mass is 32.2.